The van der Waals surface area contributed by atoms with Crippen molar-refractivity contribution in [2.45, 2.75) is 39.3 Å². The Morgan fingerprint density at radius 1 is 1.24 bits per heavy atom. The second-order valence-electron chi connectivity index (χ2n) is 7.04. The number of ether oxygens (including phenoxy) is 2. The molecule has 1 heterocycles. The molecule has 4 N–H and O–H groups in total. The van der Waals surface area contributed by atoms with Gasteiger partial charge in [-0.2, -0.15) is 0 Å². The Labute approximate surface area is 170 Å². The molecule has 2 aromatic carbocycles. The Kier molecular flexibility index (Phi) is 6.59. The van der Waals surface area contributed by atoms with E-state index in [0.29, 0.717) is 18.7 Å². The fourth-order valence-corrected chi connectivity index (χ4v) is 3.30. The predicted molar refractivity (Wildman–Crippen MR) is 111 cm³/mol. The number of hydrogen-bond donors (Lipinski definition) is 3. The van der Waals surface area contributed by atoms with Gasteiger partial charge in [-0.15, -0.1) is 0 Å². The van der Waals surface area contributed by atoms with Crippen LogP contribution in [0.4, 0.5) is 5.69 Å². The molecule has 2 amide bonds. The predicted octanol–water partition coefficient (Wildman–Crippen LogP) is 2.63. The van der Waals surface area contributed by atoms with Gasteiger partial charge in [-0.1, -0.05) is 0 Å². The molecule has 7 nitrogen and oxygen atoms in total. The third-order valence-electron chi connectivity index (χ3n) is 4.64. The molecule has 1 aliphatic heterocycles. The van der Waals surface area contributed by atoms with Gasteiger partial charge in [0.2, 0.25) is 5.91 Å². The topological polar surface area (TPSA) is 103 Å². The van der Waals surface area contributed by atoms with Crippen LogP contribution in [-0.4, -0.2) is 31.1 Å². The van der Waals surface area contributed by atoms with Gasteiger partial charge in [-0.25, -0.2) is 0 Å². The van der Waals surface area contributed by atoms with Gasteiger partial charge in [-0.05, 0) is 50.2 Å². The van der Waals surface area contributed by atoms with Crippen LogP contribution in [0.5, 0.6) is 11.5 Å². The van der Waals surface area contributed by atoms with E-state index >= 15 is 0 Å². The summed E-state index contributed by atoms with van der Waals surface area (Å²) in [6.07, 6.45) is 1.16. The quantitative estimate of drug-likeness (QED) is 0.604. The highest BCUT2D eigenvalue weighted by atomic mass is 16.5. The number of carbonyl (C=O) groups excluding carboxylic acids is 2. The fourth-order valence-electron chi connectivity index (χ4n) is 3.30. The number of amides is 2. The molecule has 0 saturated heterocycles. The molecule has 0 saturated carbocycles. The SMILES string of the molecule is CCOc1cc(CNc2ccc(C(=O)NCCC(N)=O)cc2)c2c(c1)C[C@H](C)O2. The molecule has 2 aromatic rings. The summed E-state index contributed by atoms with van der Waals surface area (Å²) in [5.74, 6) is 1.10. The molecule has 3 rings (SSSR count). The highest BCUT2D eigenvalue weighted by molar-refractivity contribution is 5.94. The Balaban J connectivity index is 1.63. The van der Waals surface area contributed by atoms with Crippen LogP contribution in [0.2, 0.25) is 0 Å². The summed E-state index contributed by atoms with van der Waals surface area (Å²) in [7, 11) is 0. The van der Waals surface area contributed by atoms with Crippen LogP contribution < -0.4 is 25.8 Å². The number of nitrogens with two attached hydrogens (primary N) is 1. The average Bonchev–Trinajstić information content (AvgIpc) is 3.06. The number of primary amides is 1. The minimum absolute atomic E-state index is 0.122. The molecule has 0 spiro atoms. The Morgan fingerprint density at radius 3 is 2.69 bits per heavy atom. The van der Waals surface area contributed by atoms with Crippen LogP contribution in [0.15, 0.2) is 36.4 Å². The normalized spacial score (nSPS) is 14.6. The molecule has 1 atom stereocenters. The fraction of sp³-hybridized carbons (Fsp3) is 0.364. The molecule has 0 unspecified atom stereocenters. The van der Waals surface area contributed by atoms with Crippen molar-refractivity contribution in [3.63, 3.8) is 0 Å². The number of rotatable bonds is 9. The maximum atomic E-state index is 12.1. The first-order valence-corrected chi connectivity index (χ1v) is 9.82. The van der Waals surface area contributed by atoms with Crippen molar-refractivity contribution in [3.05, 3.63) is 53.1 Å². The lowest BCUT2D eigenvalue weighted by Crippen LogP contribution is -2.27. The van der Waals surface area contributed by atoms with Crippen molar-refractivity contribution in [2.24, 2.45) is 5.73 Å². The molecular weight excluding hydrogens is 370 g/mol. The van der Waals surface area contributed by atoms with Crippen LogP contribution in [0.3, 0.4) is 0 Å². The Bertz CT molecular complexity index is 880. The van der Waals surface area contributed by atoms with Crippen LogP contribution in [-0.2, 0) is 17.8 Å². The summed E-state index contributed by atoms with van der Waals surface area (Å²) in [6.45, 7) is 5.46. The number of nitrogens with one attached hydrogen (secondary N) is 2. The summed E-state index contributed by atoms with van der Waals surface area (Å²) in [5.41, 5.74) is 8.70. The van der Waals surface area contributed by atoms with Crippen molar-refractivity contribution < 1.29 is 19.1 Å². The summed E-state index contributed by atoms with van der Waals surface area (Å²) in [4.78, 5) is 22.8. The lowest BCUT2D eigenvalue weighted by Gasteiger charge is -2.14. The molecule has 0 aliphatic carbocycles. The van der Waals surface area contributed by atoms with Gasteiger partial charge in [0.05, 0.1) is 6.61 Å². The van der Waals surface area contributed by atoms with E-state index in [9.17, 15) is 9.59 Å². The van der Waals surface area contributed by atoms with Crippen molar-refractivity contribution in [1.82, 2.24) is 5.32 Å². The van der Waals surface area contributed by atoms with E-state index in [-0.39, 0.29) is 25.0 Å². The minimum Gasteiger partial charge on any atom is -0.494 e. The van der Waals surface area contributed by atoms with Gasteiger partial charge in [-0.3, -0.25) is 9.59 Å². The standard InChI is InChI=1S/C22H27N3O4/c1-3-28-19-11-16-10-14(2)29-21(16)17(12-19)13-25-18-6-4-15(5-7-18)22(27)24-9-8-20(23)26/h4-7,11-12,14,25H,3,8-10,13H2,1-2H3,(H2,23,26)(H,24,27)/t14-/m0/s1. The lowest BCUT2D eigenvalue weighted by atomic mass is 10.1. The second-order valence-corrected chi connectivity index (χ2v) is 7.04. The summed E-state index contributed by atoms with van der Waals surface area (Å²) < 4.78 is 11.7. The van der Waals surface area contributed by atoms with E-state index in [0.717, 1.165) is 29.2 Å². The van der Waals surface area contributed by atoms with Crippen molar-refractivity contribution >= 4 is 17.5 Å². The van der Waals surface area contributed by atoms with Gasteiger partial charge < -0.3 is 25.8 Å². The zero-order chi connectivity index (χ0) is 20.8. The van der Waals surface area contributed by atoms with E-state index in [1.165, 1.54) is 5.56 Å². The lowest BCUT2D eigenvalue weighted by molar-refractivity contribution is -0.117. The van der Waals surface area contributed by atoms with Crippen LogP contribution in [0.1, 0.15) is 41.8 Å². The number of carbonyl (C=O) groups is 2. The van der Waals surface area contributed by atoms with Crippen LogP contribution in [0, 0.1) is 0 Å². The maximum Gasteiger partial charge on any atom is 0.251 e. The second kappa shape index (κ2) is 9.32. The monoisotopic (exact) mass is 397 g/mol. The molecule has 29 heavy (non-hydrogen) atoms. The van der Waals surface area contributed by atoms with Gasteiger partial charge in [0.1, 0.15) is 17.6 Å². The average molecular weight is 397 g/mol. The number of benzene rings is 2. The van der Waals surface area contributed by atoms with Gasteiger partial charge in [0, 0.05) is 48.3 Å². The molecular formula is C22H27N3O4. The first-order valence-electron chi connectivity index (χ1n) is 9.82. The third-order valence-corrected chi connectivity index (χ3v) is 4.64. The molecule has 154 valence electrons. The molecule has 1 aliphatic rings. The third kappa shape index (κ3) is 5.40. The first-order chi connectivity index (χ1) is 14.0. The Morgan fingerprint density at radius 2 is 2.00 bits per heavy atom. The smallest absolute Gasteiger partial charge is 0.251 e. The van der Waals surface area contributed by atoms with Crippen molar-refractivity contribution in [1.29, 1.82) is 0 Å². The molecule has 7 heteroatoms. The summed E-state index contributed by atoms with van der Waals surface area (Å²) in [6, 6.07) is 11.2. The summed E-state index contributed by atoms with van der Waals surface area (Å²) in [5, 5.41) is 6.04. The van der Waals surface area contributed by atoms with E-state index in [1.54, 1.807) is 12.1 Å². The molecule has 0 radical (unpaired) electrons. The highest BCUT2D eigenvalue weighted by Crippen LogP contribution is 2.36. The molecule has 0 fully saturated rings. The van der Waals surface area contributed by atoms with Crippen molar-refractivity contribution in [2.75, 3.05) is 18.5 Å². The highest BCUT2D eigenvalue weighted by Gasteiger charge is 2.23. The van der Waals surface area contributed by atoms with Crippen LogP contribution >= 0.6 is 0 Å². The Hall–Kier alpha value is -3.22. The van der Waals surface area contributed by atoms with E-state index in [1.807, 2.05) is 25.1 Å². The van der Waals surface area contributed by atoms with Crippen LogP contribution in [0.25, 0.3) is 0 Å². The zero-order valence-electron chi connectivity index (χ0n) is 16.8. The number of hydrogen-bond acceptors (Lipinski definition) is 5. The van der Waals surface area contributed by atoms with E-state index in [4.69, 9.17) is 15.2 Å². The van der Waals surface area contributed by atoms with E-state index < -0.39 is 5.91 Å². The molecule has 0 bridgehead atoms. The number of fused-ring (bicyclic) bond motifs is 1. The molecule has 0 aromatic heterocycles. The van der Waals surface area contributed by atoms with Gasteiger partial charge in [0.15, 0.2) is 0 Å². The van der Waals surface area contributed by atoms with E-state index in [2.05, 4.69) is 23.6 Å². The van der Waals surface area contributed by atoms with Gasteiger partial charge in [0.25, 0.3) is 5.91 Å². The summed E-state index contributed by atoms with van der Waals surface area (Å²) >= 11 is 0. The first kappa shape index (κ1) is 20.5. The van der Waals surface area contributed by atoms with Gasteiger partial charge >= 0.3 is 0 Å². The zero-order valence-corrected chi connectivity index (χ0v) is 16.8. The maximum absolute atomic E-state index is 12.1. The minimum atomic E-state index is -0.442. The number of anilines is 1. The largest absolute Gasteiger partial charge is 0.494 e. The van der Waals surface area contributed by atoms with Crippen molar-refractivity contribution in [3.8, 4) is 11.5 Å².